The molecule has 0 radical (unpaired) electrons. The molecule has 1 saturated heterocycles. The Morgan fingerprint density at radius 2 is 2.11 bits per heavy atom. The highest BCUT2D eigenvalue weighted by Crippen LogP contribution is 2.31. The maximum Gasteiger partial charge on any atom is 0.0931 e. The highest BCUT2D eigenvalue weighted by molar-refractivity contribution is 7.16. The Labute approximate surface area is 126 Å². The van der Waals surface area contributed by atoms with Crippen LogP contribution < -0.4 is 5.32 Å². The molecule has 0 spiro atoms. The SMILES string of the molecule is CCC(C)(C(Cc1ccc(Cl)s1)NC)N1CCCC1. The molecule has 0 aromatic carbocycles. The summed E-state index contributed by atoms with van der Waals surface area (Å²) in [5, 5.41) is 3.55. The van der Waals surface area contributed by atoms with Crippen LogP contribution in [-0.4, -0.2) is 36.6 Å². The first-order chi connectivity index (χ1) is 9.10. The van der Waals surface area contributed by atoms with Crippen LogP contribution in [0.1, 0.15) is 38.0 Å². The maximum absolute atomic E-state index is 6.05. The zero-order valence-corrected chi connectivity index (χ0v) is 13.8. The second-order valence-corrected chi connectivity index (χ2v) is 7.46. The molecule has 1 aliphatic heterocycles. The summed E-state index contributed by atoms with van der Waals surface area (Å²) < 4.78 is 0.893. The Bertz CT molecular complexity index is 401. The molecule has 0 aliphatic carbocycles. The zero-order valence-electron chi connectivity index (χ0n) is 12.2. The number of thiophene rings is 1. The lowest BCUT2D eigenvalue weighted by atomic mass is 9.85. The molecule has 1 aliphatic rings. The normalized spacial score (nSPS) is 21.5. The van der Waals surface area contributed by atoms with E-state index < -0.39 is 0 Å². The highest BCUT2D eigenvalue weighted by atomic mass is 35.5. The number of nitrogens with zero attached hydrogens (tertiary/aromatic N) is 1. The summed E-state index contributed by atoms with van der Waals surface area (Å²) in [7, 11) is 2.09. The minimum atomic E-state index is 0.238. The van der Waals surface area contributed by atoms with Gasteiger partial charge in [-0.05, 0) is 64.9 Å². The molecule has 2 heterocycles. The monoisotopic (exact) mass is 300 g/mol. The molecule has 2 atom stereocenters. The van der Waals surface area contributed by atoms with Crippen LogP contribution in [0.15, 0.2) is 12.1 Å². The van der Waals surface area contributed by atoms with Crippen molar-refractivity contribution in [3.05, 3.63) is 21.3 Å². The topological polar surface area (TPSA) is 15.3 Å². The first-order valence-corrected chi connectivity index (χ1v) is 8.46. The van der Waals surface area contributed by atoms with Crippen molar-refractivity contribution in [1.29, 1.82) is 0 Å². The summed E-state index contributed by atoms with van der Waals surface area (Å²) in [5.74, 6) is 0. The lowest BCUT2D eigenvalue weighted by molar-refractivity contribution is 0.0876. The minimum absolute atomic E-state index is 0.238. The summed E-state index contributed by atoms with van der Waals surface area (Å²) in [4.78, 5) is 4.05. The molecule has 4 heteroatoms. The van der Waals surface area contributed by atoms with E-state index in [1.54, 1.807) is 11.3 Å². The lowest BCUT2D eigenvalue weighted by Crippen LogP contribution is -2.58. The van der Waals surface area contributed by atoms with E-state index in [0.717, 1.165) is 10.8 Å². The summed E-state index contributed by atoms with van der Waals surface area (Å²) >= 11 is 7.76. The number of rotatable bonds is 6. The van der Waals surface area contributed by atoms with Crippen molar-refractivity contribution >= 4 is 22.9 Å². The number of hydrogen-bond acceptors (Lipinski definition) is 3. The zero-order chi connectivity index (χ0) is 13.9. The Morgan fingerprint density at radius 3 is 2.58 bits per heavy atom. The first kappa shape index (κ1) is 15.3. The highest BCUT2D eigenvalue weighted by Gasteiger charge is 2.38. The van der Waals surface area contributed by atoms with Gasteiger partial charge in [-0.15, -0.1) is 11.3 Å². The first-order valence-electron chi connectivity index (χ1n) is 7.26. The molecule has 108 valence electrons. The number of likely N-dealkylation sites (tertiary alicyclic amines) is 1. The van der Waals surface area contributed by atoms with Crippen LogP contribution >= 0.6 is 22.9 Å². The van der Waals surface area contributed by atoms with Crippen molar-refractivity contribution < 1.29 is 0 Å². The molecule has 1 fully saturated rings. The van der Waals surface area contributed by atoms with Crippen LogP contribution in [0.4, 0.5) is 0 Å². The van der Waals surface area contributed by atoms with Crippen LogP contribution in [-0.2, 0) is 6.42 Å². The van der Waals surface area contributed by atoms with Crippen LogP contribution in [0.25, 0.3) is 0 Å². The molecular weight excluding hydrogens is 276 g/mol. The van der Waals surface area contributed by atoms with Gasteiger partial charge in [-0.1, -0.05) is 18.5 Å². The van der Waals surface area contributed by atoms with Gasteiger partial charge in [0.1, 0.15) is 0 Å². The fraction of sp³-hybridized carbons (Fsp3) is 0.733. The summed E-state index contributed by atoms with van der Waals surface area (Å²) in [6.07, 6.45) is 4.93. The molecule has 0 saturated carbocycles. The van der Waals surface area contributed by atoms with Gasteiger partial charge in [-0.2, -0.15) is 0 Å². The molecule has 1 aromatic rings. The Morgan fingerprint density at radius 1 is 1.42 bits per heavy atom. The van der Waals surface area contributed by atoms with E-state index in [2.05, 4.69) is 37.2 Å². The predicted molar refractivity (Wildman–Crippen MR) is 85.4 cm³/mol. The fourth-order valence-corrected chi connectivity index (χ4v) is 4.35. The molecule has 1 N–H and O–H groups in total. The largest absolute Gasteiger partial charge is 0.315 e. The summed E-state index contributed by atoms with van der Waals surface area (Å²) in [6.45, 7) is 7.21. The van der Waals surface area contributed by atoms with E-state index in [0.29, 0.717) is 6.04 Å². The van der Waals surface area contributed by atoms with Crippen molar-refractivity contribution in [2.45, 2.75) is 51.1 Å². The molecule has 2 unspecified atom stereocenters. The summed E-state index contributed by atoms with van der Waals surface area (Å²) in [6, 6.07) is 4.65. The minimum Gasteiger partial charge on any atom is -0.315 e. The van der Waals surface area contributed by atoms with Gasteiger partial charge in [0.05, 0.1) is 4.34 Å². The standard InChI is InChI=1S/C15H25ClN2S/c1-4-15(2,18-9-5-6-10-18)13(17-3)11-12-7-8-14(16)19-12/h7-8,13,17H,4-6,9-11H2,1-3H3. The van der Waals surface area contributed by atoms with Crippen molar-refractivity contribution in [1.82, 2.24) is 10.2 Å². The quantitative estimate of drug-likeness (QED) is 0.860. The molecule has 2 nitrogen and oxygen atoms in total. The van der Waals surface area contributed by atoms with Gasteiger partial charge >= 0.3 is 0 Å². The van der Waals surface area contributed by atoms with Crippen molar-refractivity contribution in [3.63, 3.8) is 0 Å². The molecule has 0 amide bonds. The number of hydrogen-bond donors (Lipinski definition) is 1. The fourth-order valence-electron chi connectivity index (χ4n) is 3.21. The molecule has 2 rings (SSSR count). The number of halogens is 1. The van der Waals surface area contributed by atoms with Gasteiger partial charge < -0.3 is 5.32 Å². The predicted octanol–water partition coefficient (Wildman–Crippen LogP) is 3.80. The van der Waals surface area contributed by atoms with Gasteiger partial charge in [0.15, 0.2) is 0 Å². The van der Waals surface area contributed by atoms with Gasteiger partial charge in [0.2, 0.25) is 0 Å². The van der Waals surface area contributed by atoms with E-state index >= 15 is 0 Å². The van der Waals surface area contributed by atoms with E-state index in [1.165, 1.54) is 37.2 Å². The molecule has 0 bridgehead atoms. The molecule has 1 aromatic heterocycles. The average Bonchev–Trinajstić information content (AvgIpc) is 3.06. The second kappa shape index (κ2) is 6.57. The summed E-state index contributed by atoms with van der Waals surface area (Å²) in [5.41, 5.74) is 0.238. The smallest absolute Gasteiger partial charge is 0.0931 e. The van der Waals surface area contributed by atoms with E-state index in [1.807, 2.05) is 6.07 Å². The Kier molecular flexibility index (Phi) is 5.29. The van der Waals surface area contributed by atoms with Gasteiger partial charge in [-0.3, -0.25) is 4.90 Å². The maximum atomic E-state index is 6.05. The van der Waals surface area contributed by atoms with Crippen LogP contribution in [0, 0.1) is 0 Å². The van der Waals surface area contributed by atoms with Crippen molar-refractivity contribution in [2.24, 2.45) is 0 Å². The third kappa shape index (κ3) is 3.33. The average molecular weight is 301 g/mol. The molecular formula is C15H25ClN2S. The second-order valence-electron chi connectivity index (χ2n) is 5.66. The van der Waals surface area contributed by atoms with Gasteiger partial charge in [0.25, 0.3) is 0 Å². The van der Waals surface area contributed by atoms with Crippen molar-refractivity contribution in [2.75, 3.05) is 20.1 Å². The van der Waals surface area contributed by atoms with E-state index in [9.17, 15) is 0 Å². The number of likely N-dealkylation sites (N-methyl/N-ethyl adjacent to an activating group) is 1. The number of nitrogens with one attached hydrogen (secondary N) is 1. The lowest BCUT2D eigenvalue weighted by Gasteiger charge is -2.44. The van der Waals surface area contributed by atoms with Crippen LogP contribution in [0.2, 0.25) is 4.34 Å². The third-order valence-corrected chi connectivity index (χ3v) is 5.93. The van der Waals surface area contributed by atoms with Crippen LogP contribution in [0.5, 0.6) is 0 Å². The van der Waals surface area contributed by atoms with Crippen molar-refractivity contribution in [3.8, 4) is 0 Å². The Hall–Kier alpha value is -0.0900. The van der Waals surface area contributed by atoms with Gasteiger partial charge in [-0.25, -0.2) is 0 Å². The Balaban J connectivity index is 2.13. The molecule has 19 heavy (non-hydrogen) atoms. The van der Waals surface area contributed by atoms with Gasteiger partial charge in [0, 0.05) is 16.5 Å². The third-order valence-electron chi connectivity index (χ3n) is 4.68. The van der Waals surface area contributed by atoms with E-state index in [4.69, 9.17) is 11.6 Å². The van der Waals surface area contributed by atoms with Crippen LogP contribution in [0.3, 0.4) is 0 Å². The van der Waals surface area contributed by atoms with E-state index in [-0.39, 0.29) is 5.54 Å².